The summed E-state index contributed by atoms with van der Waals surface area (Å²) in [4.78, 5) is 65.1. The zero-order chi connectivity index (χ0) is 23.8. The van der Waals surface area contributed by atoms with E-state index in [0.717, 1.165) is 23.4 Å². The second kappa shape index (κ2) is 8.74. The Morgan fingerprint density at radius 3 is 2.29 bits per heavy atom. The third-order valence-electron chi connectivity index (χ3n) is 6.65. The number of piperidine rings is 2. The van der Waals surface area contributed by atoms with Gasteiger partial charge in [-0.15, -0.1) is 0 Å². The number of hydrogen-bond donors (Lipinski definition) is 2. The molecule has 0 radical (unpaired) electrons. The molecule has 2 fully saturated rings. The molecule has 5 rings (SSSR count). The predicted molar refractivity (Wildman–Crippen MR) is 122 cm³/mol. The SMILES string of the molecule is O=C1CCC(N2C(=O)c3ccc(N4CCC(NC(=O)c5ccccc5)CC4)cc3C2=O)C(=O)N1. The van der Waals surface area contributed by atoms with Crippen LogP contribution in [0.25, 0.3) is 0 Å². The third kappa shape index (κ3) is 3.93. The van der Waals surface area contributed by atoms with Crippen molar-refractivity contribution >= 4 is 35.2 Å². The first-order valence-electron chi connectivity index (χ1n) is 11.4. The van der Waals surface area contributed by atoms with Crippen LogP contribution in [0.15, 0.2) is 48.5 Å². The van der Waals surface area contributed by atoms with E-state index in [1.54, 1.807) is 30.3 Å². The first-order valence-corrected chi connectivity index (χ1v) is 11.4. The number of nitrogens with one attached hydrogen (secondary N) is 2. The van der Waals surface area contributed by atoms with Gasteiger partial charge >= 0.3 is 0 Å². The number of amides is 5. The lowest BCUT2D eigenvalue weighted by atomic mass is 10.0. The van der Waals surface area contributed by atoms with Crippen LogP contribution in [0.2, 0.25) is 0 Å². The van der Waals surface area contributed by atoms with E-state index < -0.39 is 29.7 Å². The average molecular weight is 460 g/mol. The fourth-order valence-electron chi connectivity index (χ4n) is 4.80. The maximum atomic E-state index is 13.1. The number of imide groups is 2. The fourth-order valence-corrected chi connectivity index (χ4v) is 4.80. The van der Waals surface area contributed by atoms with E-state index in [9.17, 15) is 24.0 Å². The van der Waals surface area contributed by atoms with Crippen molar-refractivity contribution in [2.75, 3.05) is 18.0 Å². The molecule has 1 atom stereocenters. The lowest BCUT2D eigenvalue weighted by Crippen LogP contribution is -2.54. The molecule has 0 saturated carbocycles. The van der Waals surface area contributed by atoms with Crippen molar-refractivity contribution in [3.05, 3.63) is 65.2 Å². The maximum absolute atomic E-state index is 13.1. The normalized spacial score (nSPS) is 20.9. The standard InChI is InChI=1S/C25H24N4O5/c30-21-9-8-20(23(32)27-21)29-24(33)18-7-6-17(14-19(18)25(29)34)28-12-10-16(11-13-28)26-22(31)15-4-2-1-3-5-15/h1-7,14,16,20H,8-13H2,(H,26,31)(H,27,30,32). The summed E-state index contributed by atoms with van der Waals surface area (Å²) in [6, 6.07) is 13.3. The van der Waals surface area contributed by atoms with Crippen molar-refractivity contribution in [1.29, 1.82) is 0 Å². The molecule has 2 N–H and O–H groups in total. The van der Waals surface area contributed by atoms with Gasteiger partial charge in [0, 0.05) is 36.8 Å². The Balaban J connectivity index is 1.25. The number of nitrogens with zero attached hydrogens (tertiary/aromatic N) is 2. The highest BCUT2D eigenvalue weighted by molar-refractivity contribution is 6.23. The van der Waals surface area contributed by atoms with Crippen molar-refractivity contribution in [2.24, 2.45) is 0 Å². The molecular weight excluding hydrogens is 436 g/mol. The van der Waals surface area contributed by atoms with E-state index in [4.69, 9.17) is 0 Å². The molecule has 2 aromatic rings. The Bertz CT molecular complexity index is 1190. The largest absolute Gasteiger partial charge is 0.371 e. The van der Waals surface area contributed by atoms with Gasteiger partial charge in [0.05, 0.1) is 11.1 Å². The van der Waals surface area contributed by atoms with Crippen LogP contribution in [0, 0.1) is 0 Å². The van der Waals surface area contributed by atoms with Crippen molar-refractivity contribution in [2.45, 2.75) is 37.8 Å². The summed E-state index contributed by atoms with van der Waals surface area (Å²) in [5, 5.41) is 5.28. The van der Waals surface area contributed by atoms with Gasteiger partial charge in [-0.25, -0.2) is 0 Å². The first kappa shape index (κ1) is 21.8. The lowest BCUT2D eigenvalue weighted by Gasteiger charge is -2.34. The predicted octanol–water partition coefficient (Wildman–Crippen LogP) is 1.49. The number of anilines is 1. The fraction of sp³-hybridized carbons (Fsp3) is 0.320. The number of carbonyl (C=O) groups is 5. The molecule has 3 heterocycles. The summed E-state index contributed by atoms with van der Waals surface area (Å²) in [5.74, 6) is -2.13. The van der Waals surface area contributed by atoms with E-state index >= 15 is 0 Å². The molecule has 9 nitrogen and oxygen atoms in total. The highest BCUT2D eigenvalue weighted by Crippen LogP contribution is 2.31. The molecule has 1 unspecified atom stereocenters. The van der Waals surface area contributed by atoms with Crippen molar-refractivity contribution in [1.82, 2.24) is 15.5 Å². The minimum absolute atomic E-state index is 0.0598. The summed E-state index contributed by atoms with van der Waals surface area (Å²) in [6.45, 7) is 1.38. The van der Waals surface area contributed by atoms with Crippen LogP contribution < -0.4 is 15.5 Å². The van der Waals surface area contributed by atoms with Gasteiger partial charge in [0.2, 0.25) is 11.8 Å². The van der Waals surface area contributed by atoms with Crippen LogP contribution in [-0.4, -0.2) is 59.6 Å². The van der Waals surface area contributed by atoms with Crippen molar-refractivity contribution in [3.63, 3.8) is 0 Å². The molecule has 0 aromatic heterocycles. The van der Waals surface area contributed by atoms with E-state index in [1.807, 2.05) is 18.2 Å². The van der Waals surface area contributed by atoms with Crippen LogP contribution >= 0.6 is 0 Å². The molecular formula is C25H24N4O5. The molecule has 0 bridgehead atoms. The van der Waals surface area contributed by atoms with Crippen LogP contribution in [0.1, 0.15) is 56.8 Å². The van der Waals surface area contributed by atoms with Crippen molar-refractivity contribution < 1.29 is 24.0 Å². The third-order valence-corrected chi connectivity index (χ3v) is 6.65. The van der Waals surface area contributed by atoms with Gasteiger partial charge in [0.25, 0.3) is 17.7 Å². The Labute approximate surface area is 196 Å². The number of rotatable bonds is 4. The minimum Gasteiger partial charge on any atom is -0.371 e. The zero-order valence-corrected chi connectivity index (χ0v) is 18.5. The Kier molecular flexibility index (Phi) is 5.61. The van der Waals surface area contributed by atoms with E-state index in [0.29, 0.717) is 18.7 Å². The molecule has 3 aliphatic rings. The van der Waals surface area contributed by atoms with Gasteiger partial charge in [-0.1, -0.05) is 18.2 Å². The smallest absolute Gasteiger partial charge is 0.262 e. The molecule has 174 valence electrons. The molecule has 9 heteroatoms. The number of fused-ring (bicyclic) bond motifs is 1. The van der Waals surface area contributed by atoms with Crippen LogP contribution in [0.4, 0.5) is 5.69 Å². The number of hydrogen-bond acceptors (Lipinski definition) is 6. The number of benzene rings is 2. The van der Waals surface area contributed by atoms with Crippen LogP contribution in [-0.2, 0) is 9.59 Å². The van der Waals surface area contributed by atoms with E-state index in [-0.39, 0.29) is 35.9 Å². The highest BCUT2D eigenvalue weighted by atomic mass is 16.2. The Morgan fingerprint density at radius 1 is 0.882 bits per heavy atom. The molecule has 0 spiro atoms. The minimum atomic E-state index is -0.975. The average Bonchev–Trinajstić information content (AvgIpc) is 3.09. The van der Waals surface area contributed by atoms with E-state index in [2.05, 4.69) is 15.5 Å². The monoisotopic (exact) mass is 460 g/mol. The molecule has 2 aromatic carbocycles. The summed E-state index contributed by atoms with van der Waals surface area (Å²) in [7, 11) is 0. The second-order valence-corrected chi connectivity index (χ2v) is 8.78. The summed E-state index contributed by atoms with van der Waals surface area (Å²) < 4.78 is 0. The first-order chi connectivity index (χ1) is 16.4. The lowest BCUT2D eigenvalue weighted by molar-refractivity contribution is -0.136. The summed E-state index contributed by atoms with van der Waals surface area (Å²) in [5.41, 5.74) is 1.99. The van der Waals surface area contributed by atoms with Crippen LogP contribution in [0.5, 0.6) is 0 Å². The maximum Gasteiger partial charge on any atom is 0.262 e. The van der Waals surface area contributed by atoms with Gasteiger partial charge in [-0.05, 0) is 49.6 Å². The highest BCUT2D eigenvalue weighted by Gasteiger charge is 2.44. The van der Waals surface area contributed by atoms with Gasteiger partial charge in [-0.3, -0.25) is 34.2 Å². The molecule has 3 aliphatic heterocycles. The summed E-state index contributed by atoms with van der Waals surface area (Å²) in [6.07, 6.45) is 1.73. The Morgan fingerprint density at radius 2 is 1.59 bits per heavy atom. The van der Waals surface area contributed by atoms with Gasteiger partial charge in [-0.2, -0.15) is 0 Å². The van der Waals surface area contributed by atoms with Crippen molar-refractivity contribution in [3.8, 4) is 0 Å². The molecule has 2 saturated heterocycles. The van der Waals surface area contributed by atoms with Gasteiger partial charge in [0.1, 0.15) is 6.04 Å². The molecule has 5 amide bonds. The van der Waals surface area contributed by atoms with Crippen LogP contribution in [0.3, 0.4) is 0 Å². The Hall–Kier alpha value is -4.01. The molecule has 34 heavy (non-hydrogen) atoms. The summed E-state index contributed by atoms with van der Waals surface area (Å²) >= 11 is 0. The topological polar surface area (TPSA) is 116 Å². The molecule has 0 aliphatic carbocycles. The quantitative estimate of drug-likeness (QED) is 0.668. The van der Waals surface area contributed by atoms with Gasteiger partial charge in [0.15, 0.2) is 0 Å². The zero-order valence-electron chi connectivity index (χ0n) is 18.5. The van der Waals surface area contributed by atoms with Gasteiger partial charge < -0.3 is 10.2 Å². The van der Waals surface area contributed by atoms with E-state index in [1.165, 1.54) is 0 Å². The number of carbonyl (C=O) groups excluding carboxylic acids is 5. The second-order valence-electron chi connectivity index (χ2n) is 8.78.